The predicted molar refractivity (Wildman–Crippen MR) is 339 cm³/mol. The molecule has 8 fully saturated rings. The molecule has 8 aliphatic rings. The average molecular weight is 1090 g/mol. The molecule has 4 N–H and O–H groups in total. The van der Waals surface area contributed by atoms with Crippen molar-refractivity contribution >= 4 is 0 Å². The standard InChI is InChI=1S/2C25H34N2.2C11H22N2/c2*1-4-10-22(11-5-1)20-27(21-23-12-6-2-7-13-23)25-16-14-24(15-17-25)26-18-8-3-9-19-26;2*12-10-4-6-11(7-5-10)13-8-2-1-3-9-13/h2*1-2,4-7,10-13,24-25H,3,8-9,14-21H2;2*10-11H,1-9,12H2. The van der Waals surface area contributed by atoms with Crippen molar-refractivity contribution < 1.29 is 0 Å². The molecule has 8 nitrogen and oxygen atoms in total. The van der Waals surface area contributed by atoms with Crippen molar-refractivity contribution in [2.45, 2.75) is 254 Å². The highest BCUT2D eigenvalue weighted by Crippen LogP contribution is 2.33. The molecule has 4 saturated heterocycles. The fraction of sp³-hybridized carbons (Fsp3) is 0.667. The Balaban J connectivity index is 0.000000136. The first kappa shape index (κ1) is 61.1. The minimum absolute atomic E-state index is 0.501. The minimum Gasteiger partial charge on any atom is -0.328 e. The zero-order valence-electron chi connectivity index (χ0n) is 50.3. The Morgan fingerprint density at radius 3 is 0.675 bits per heavy atom. The molecule has 0 aromatic heterocycles. The second-order valence-corrected chi connectivity index (χ2v) is 26.2. The van der Waals surface area contributed by atoms with Crippen LogP contribution >= 0.6 is 0 Å². The Kier molecular flexibility index (Phi) is 26.3. The van der Waals surface area contributed by atoms with Crippen LogP contribution < -0.4 is 11.5 Å². The van der Waals surface area contributed by atoms with Crippen molar-refractivity contribution in [3.05, 3.63) is 144 Å². The van der Waals surface area contributed by atoms with Crippen molar-refractivity contribution in [1.82, 2.24) is 29.4 Å². The quantitative estimate of drug-likeness (QED) is 0.129. The molecule has 0 bridgehead atoms. The van der Waals surface area contributed by atoms with Gasteiger partial charge in [-0.15, -0.1) is 0 Å². The zero-order chi connectivity index (χ0) is 54.8. The van der Waals surface area contributed by atoms with E-state index in [1.165, 1.54) is 254 Å². The van der Waals surface area contributed by atoms with Crippen molar-refractivity contribution in [1.29, 1.82) is 0 Å². The monoisotopic (exact) mass is 1090 g/mol. The Labute approximate surface area is 488 Å². The van der Waals surface area contributed by atoms with Gasteiger partial charge in [-0.1, -0.05) is 147 Å². The Morgan fingerprint density at radius 1 is 0.263 bits per heavy atom. The molecule has 0 unspecified atom stereocenters. The summed E-state index contributed by atoms with van der Waals surface area (Å²) in [4.78, 5) is 16.5. The lowest BCUT2D eigenvalue weighted by atomic mass is 9.88. The molecule has 4 aromatic carbocycles. The highest BCUT2D eigenvalue weighted by atomic mass is 15.2. The fourth-order valence-corrected chi connectivity index (χ4v) is 15.5. The number of likely N-dealkylation sites (tertiary alicyclic amines) is 4. The largest absolute Gasteiger partial charge is 0.328 e. The van der Waals surface area contributed by atoms with Gasteiger partial charge in [-0.05, 0) is 229 Å². The maximum atomic E-state index is 5.91. The lowest BCUT2D eigenvalue weighted by molar-refractivity contribution is 0.0762. The summed E-state index contributed by atoms with van der Waals surface area (Å²) in [6, 6.07) is 49.9. The summed E-state index contributed by atoms with van der Waals surface area (Å²) in [5.41, 5.74) is 17.6. The molecule has 0 amide bonds. The van der Waals surface area contributed by atoms with Crippen molar-refractivity contribution in [2.75, 3.05) is 52.4 Å². The topological polar surface area (TPSA) is 71.5 Å². The van der Waals surface area contributed by atoms with E-state index in [0.29, 0.717) is 24.2 Å². The van der Waals surface area contributed by atoms with Crippen LogP contribution in [0.25, 0.3) is 0 Å². The number of nitrogens with zero attached hydrogens (tertiary/aromatic N) is 6. The fourth-order valence-electron chi connectivity index (χ4n) is 15.5. The Morgan fingerprint density at radius 2 is 0.463 bits per heavy atom. The van der Waals surface area contributed by atoms with Gasteiger partial charge in [0.25, 0.3) is 0 Å². The van der Waals surface area contributed by atoms with E-state index in [9.17, 15) is 0 Å². The van der Waals surface area contributed by atoms with E-state index >= 15 is 0 Å². The molecule has 440 valence electrons. The van der Waals surface area contributed by atoms with Gasteiger partial charge in [0.1, 0.15) is 0 Å². The van der Waals surface area contributed by atoms with Gasteiger partial charge >= 0.3 is 0 Å². The van der Waals surface area contributed by atoms with E-state index in [1.54, 1.807) is 0 Å². The molecule has 4 saturated carbocycles. The number of hydrogen-bond acceptors (Lipinski definition) is 8. The molecule has 0 radical (unpaired) electrons. The first-order valence-electron chi connectivity index (χ1n) is 33.6. The third-order valence-corrected chi connectivity index (χ3v) is 20.4. The van der Waals surface area contributed by atoms with Crippen LogP contribution in [0, 0.1) is 0 Å². The molecule has 12 rings (SSSR count). The van der Waals surface area contributed by atoms with E-state index in [1.807, 2.05) is 0 Å². The summed E-state index contributed by atoms with van der Waals surface area (Å²) >= 11 is 0. The highest BCUT2D eigenvalue weighted by molar-refractivity contribution is 5.19. The van der Waals surface area contributed by atoms with Crippen LogP contribution in [0.3, 0.4) is 0 Å². The van der Waals surface area contributed by atoms with Gasteiger partial charge in [0, 0.05) is 74.5 Å². The number of nitrogens with two attached hydrogens (primary N) is 2. The van der Waals surface area contributed by atoms with E-state index in [4.69, 9.17) is 11.5 Å². The molecule has 4 aliphatic carbocycles. The maximum absolute atomic E-state index is 5.91. The summed E-state index contributed by atoms with van der Waals surface area (Å²) < 4.78 is 0. The predicted octanol–water partition coefficient (Wildman–Crippen LogP) is 14.5. The smallest absolute Gasteiger partial charge is 0.0240 e. The van der Waals surface area contributed by atoms with Gasteiger partial charge in [0.05, 0.1) is 0 Å². The molecule has 4 aliphatic heterocycles. The summed E-state index contributed by atoms with van der Waals surface area (Å²) in [6.45, 7) is 15.0. The summed E-state index contributed by atoms with van der Waals surface area (Å²) in [5, 5.41) is 0. The van der Waals surface area contributed by atoms with Gasteiger partial charge in [-0.2, -0.15) is 0 Å². The number of hydrogen-bond donors (Lipinski definition) is 2. The van der Waals surface area contributed by atoms with E-state index in [0.717, 1.165) is 50.3 Å². The highest BCUT2D eigenvalue weighted by Gasteiger charge is 2.32. The first-order chi connectivity index (χ1) is 39.5. The number of piperidine rings is 4. The number of rotatable bonds is 14. The Hall–Kier alpha value is -3.44. The van der Waals surface area contributed by atoms with Crippen LogP contribution in [0.15, 0.2) is 121 Å². The van der Waals surface area contributed by atoms with Crippen molar-refractivity contribution in [3.8, 4) is 0 Å². The normalized spacial score (nSPS) is 28.6. The second kappa shape index (κ2) is 34.4. The minimum atomic E-state index is 0.501. The lowest BCUT2D eigenvalue weighted by Gasteiger charge is -2.42. The van der Waals surface area contributed by atoms with Crippen LogP contribution in [-0.4, -0.2) is 130 Å². The summed E-state index contributed by atoms with van der Waals surface area (Å²) in [7, 11) is 0. The maximum Gasteiger partial charge on any atom is 0.0240 e. The van der Waals surface area contributed by atoms with Gasteiger partial charge in [-0.3, -0.25) is 9.80 Å². The van der Waals surface area contributed by atoms with Crippen LogP contribution in [0.5, 0.6) is 0 Å². The average Bonchev–Trinajstić information content (AvgIpc) is 3.54. The molecule has 4 aromatic rings. The van der Waals surface area contributed by atoms with Crippen molar-refractivity contribution in [2.24, 2.45) is 11.5 Å². The molecule has 0 atom stereocenters. The Bertz CT molecular complexity index is 1920. The van der Waals surface area contributed by atoms with Crippen LogP contribution in [-0.2, 0) is 26.2 Å². The van der Waals surface area contributed by atoms with Crippen molar-refractivity contribution in [3.63, 3.8) is 0 Å². The molecule has 4 heterocycles. The van der Waals surface area contributed by atoms with Crippen LogP contribution in [0.1, 0.15) is 202 Å². The van der Waals surface area contributed by atoms with Gasteiger partial charge in [0.2, 0.25) is 0 Å². The molecule has 80 heavy (non-hydrogen) atoms. The third-order valence-electron chi connectivity index (χ3n) is 20.4. The lowest BCUT2D eigenvalue weighted by Crippen LogP contribution is -2.45. The number of benzene rings is 4. The van der Waals surface area contributed by atoms with Crippen LogP contribution in [0.2, 0.25) is 0 Å². The van der Waals surface area contributed by atoms with E-state index in [2.05, 4.69) is 151 Å². The summed E-state index contributed by atoms with van der Waals surface area (Å²) in [5.74, 6) is 0. The van der Waals surface area contributed by atoms with E-state index < -0.39 is 0 Å². The van der Waals surface area contributed by atoms with Gasteiger partial charge in [0.15, 0.2) is 0 Å². The first-order valence-corrected chi connectivity index (χ1v) is 33.6. The third kappa shape index (κ3) is 20.4. The van der Waals surface area contributed by atoms with E-state index in [-0.39, 0.29) is 0 Å². The molecule has 0 spiro atoms. The molecular formula is C72H112N8. The van der Waals surface area contributed by atoms with Gasteiger partial charge < -0.3 is 31.1 Å². The molecular weight excluding hydrogens is 977 g/mol. The molecule has 8 heteroatoms. The van der Waals surface area contributed by atoms with Crippen LogP contribution in [0.4, 0.5) is 0 Å². The zero-order valence-corrected chi connectivity index (χ0v) is 50.3. The second-order valence-electron chi connectivity index (χ2n) is 26.2. The summed E-state index contributed by atoms with van der Waals surface area (Å²) in [6.07, 6.45) is 38.4. The SMILES string of the molecule is NC1CCC(N2CCCCC2)CC1.NC1CCC(N2CCCCC2)CC1.c1ccc(CN(Cc2ccccc2)C2CCC(N3CCCCC3)CC2)cc1.c1ccc(CN(Cc2ccccc2)C2CCC(N3CCCCC3)CC2)cc1. The van der Waals surface area contributed by atoms with Gasteiger partial charge in [-0.25, -0.2) is 0 Å².